The Hall–Kier alpha value is -1.47. The largest absolute Gasteiger partial charge is 0.250 e. The fourth-order valence-electron chi connectivity index (χ4n) is 1.93. The fourth-order valence-corrected chi connectivity index (χ4v) is 2.88. The number of nitrogens with zero attached hydrogens (tertiary/aromatic N) is 3. The van der Waals surface area contributed by atoms with Gasteiger partial charge in [-0.05, 0) is 42.0 Å². The van der Waals surface area contributed by atoms with Gasteiger partial charge in [0.1, 0.15) is 0 Å². The van der Waals surface area contributed by atoms with E-state index in [1.165, 1.54) is 0 Å². The second-order valence-electron chi connectivity index (χ2n) is 4.56. The molecule has 0 atom stereocenters. The molecule has 0 amide bonds. The molecule has 0 saturated heterocycles. The van der Waals surface area contributed by atoms with Gasteiger partial charge >= 0.3 is 0 Å². The lowest BCUT2D eigenvalue weighted by Crippen LogP contribution is -1.95. The first kappa shape index (κ1) is 16.4. The van der Waals surface area contributed by atoms with E-state index in [1.807, 2.05) is 30.3 Å². The third kappa shape index (κ3) is 3.55. The first-order valence-electron chi connectivity index (χ1n) is 6.48. The summed E-state index contributed by atoms with van der Waals surface area (Å²) >= 11 is 20.7. The molecule has 0 radical (unpaired) electrons. The normalized spacial score (nSPS) is 11.3. The molecule has 4 nitrogen and oxygen atoms in total. The molecule has 3 aromatic rings. The Kier molecular flexibility index (Phi) is 4.96. The van der Waals surface area contributed by atoms with Gasteiger partial charge in [0.2, 0.25) is 4.77 Å². The van der Waals surface area contributed by atoms with E-state index in [0.717, 1.165) is 15.6 Å². The van der Waals surface area contributed by atoms with Crippen LogP contribution in [0, 0.1) is 4.77 Å². The van der Waals surface area contributed by atoms with Crippen LogP contribution in [0.25, 0.3) is 11.4 Å². The van der Waals surface area contributed by atoms with Gasteiger partial charge in [-0.25, -0.2) is 5.10 Å². The SMILES string of the molecule is S=c1[nH]nc(-c2ccccc2Br)n1/N=C\c1ccc(Cl)c(Cl)c1. The molecule has 0 bridgehead atoms. The van der Waals surface area contributed by atoms with Crippen LogP contribution < -0.4 is 0 Å². The molecule has 0 saturated carbocycles. The lowest BCUT2D eigenvalue weighted by Gasteiger charge is -2.03. The maximum Gasteiger partial charge on any atom is 0.216 e. The van der Waals surface area contributed by atoms with Gasteiger partial charge in [-0.1, -0.05) is 57.3 Å². The summed E-state index contributed by atoms with van der Waals surface area (Å²) in [6.45, 7) is 0. The highest BCUT2D eigenvalue weighted by Gasteiger charge is 2.10. The number of hydrogen-bond acceptors (Lipinski definition) is 3. The Bertz CT molecular complexity index is 949. The second kappa shape index (κ2) is 6.97. The van der Waals surface area contributed by atoms with Crippen molar-refractivity contribution in [1.82, 2.24) is 14.9 Å². The van der Waals surface area contributed by atoms with Crippen LogP contribution in [0.15, 0.2) is 52.0 Å². The maximum atomic E-state index is 6.01. The van der Waals surface area contributed by atoms with Gasteiger partial charge in [-0.3, -0.25) is 0 Å². The topological polar surface area (TPSA) is 46.0 Å². The minimum atomic E-state index is 0.395. The van der Waals surface area contributed by atoms with Crippen molar-refractivity contribution >= 4 is 57.6 Å². The Morgan fingerprint density at radius 2 is 1.96 bits per heavy atom. The number of halogens is 3. The zero-order valence-electron chi connectivity index (χ0n) is 11.5. The third-order valence-corrected chi connectivity index (χ3v) is 4.73. The minimum absolute atomic E-state index is 0.395. The molecule has 0 aliphatic heterocycles. The minimum Gasteiger partial charge on any atom is -0.250 e. The van der Waals surface area contributed by atoms with Gasteiger partial charge in [-0.2, -0.15) is 14.9 Å². The maximum absolute atomic E-state index is 6.01. The van der Waals surface area contributed by atoms with E-state index < -0.39 is 0 Å². The van der Waals surface area contributed by atoms with Crippen molar-refractivity contribution in [3.8, 4) is 11.4 Å². The van der Waals surface area contributed by atoms with Gasteiger partial charge in [0, 0.05) is 10.0 Å². The van der Waals surface area contributed by atoms with E-state index in [0.29, 0.717) is 20.6 Å². The molecule has 1 heterocycles. The fraction of sp³-hybridized carbons (Fsp3) is 0. The molecule has 2 aromatic carbocycles. The quantitative estimate of drug-likeness (QED) is 0.439. The highest BCUT2D eigenvalue weighted by atomic mass is 79.9. The second-order valence-corrected chi connectivity index (χ2v) is 6.62. The number of nitrogens with one attached hydrogen (secondary N) is 1. The molecule has 8 heteroatoms. The summed E-state index contributed by atoms with van der Waals surface area (Å²) in [7, 11) is 0. The van der Waals surface area contributed by atoms with Crippen LogP contribution in [-0.4, -0.2) is 21.1 Å². The van der Waals surface area contributed by atoms with Gasteiger partial charge < -0.3 is 0 Å². The summed E-state index contributed by atoms with van der Waals surface area (Å²) in [4.78, 5) is 0. The zero-order chi connectivity index (χ0) is 16.4. The summed E-state index contributed by atoms with van der Waals surface area (Å²) in [5, 5.41) is 12.4. The van der Waals surface area contributed by atoms with E-state index in [9.17, 15) is 0 Å². The molecule has 1 N–H and O–H groups in total. The zero-order valence-corrected chi connectivity index (χ0v) is 15.4. The summed E-state index contributed by atoms with van der Waals surface area (Å²) < 4.78 is 2.85. The van der Waals surface area contributed by atoms with Crippen molar-refractivity contribution in [2.24, 2.45) is 5.10 Å². The Balaban J connectivity index is 2.02. The van der Waals surface area contributed by atoms with Gasteiger partial charge in [0.05, 0.1) is 16.3 Å². The van der Waals surface area contributed by atoms with Gasteiger partial charge in [0.15, 0.2) is 5.82 Å². The summed E-state index contributed by atoms with van der Waals surface area (Å²) in [6, 6.07) is 13.0. The van der Waals surface area contributed by atoms with E-state index >= 15 is 0 Å². The number of benzene rings is 2. The number of hydrogen-bond donors (Lipinski definition) is 1. The average molecular weight is 428 g/mol. The standard InChI is InChI=1S/C15H9BrCl2N4S/c16-11-4-2-1-3-10(11)14-20-21-15(23)22(14)19-8-9-5-6-12(17)13(18)7-9/h1-8H,(H,21,23)/b19-8-. The van der Waals surface area contributed by atoms with Crippen molar-refractivity contribution in [2.45, 2.75) is 0 Å². The predicted octanol–water partition coefficient (Wildman–Crippen LogP) is 5.56. The van der Waals surface area contributed by atoms with Crippen LogP contribution in [-0.2, 0) is 0 Å². The highest BCUT2D eigenvalue weighted by molar-refractivity contribution is 9.10. The smallest absolute Gasteiger partial charge is 0.216 e. The van der Waals surface area contributed by atoms with Crippen molar-refractivity contribution in [3.05, 3.63) is 67.3 Å². The third-order valence-electron chi connectivity index (χ3n) is 3.03. The number of rotatable bonds is 3. The van der Waals surface area contributed by atoms with Crippen LogP contribution in [0.5, 0.6) is 0 Å². The lowest BCUT2D eigenvalue weighted by molar-refractivity contribution is 0.871. The summed E-state index contributed by atoms with van der Waals surface area (Å²) in [5.74, 6) is 0.610. The Morgan fingerprint density at radius 1 is 1.17 bits per heavy atom. The predicted molar refractivity (Wildman–Crippen MR) is 100 cm³/mol. The molecule has 0 unspecified atom stereocenters. The molecular formula is C15H9BrCl2N4S. The first-order valence-corrected chi connectivity index (χ1v) is 8.43. The van der Waals surface area contributed by atoms with Crippen LogP contribution in [0.4, 0.5) is 0 Å². The molecule has 0 fully saturated rings. The molecule has 0 aliphatic carbocycles. The first-order chi connectivity index (χ1) is 11.1. The van der Waals surface area contributed by atoms with Crippen molar-refractivity contribution in [3.63, 3.8) is 0 Å². The van der Waals surface area contributed by atoms with E-state index in [-0.39, 0.29) is 0 Å². The van der Waals surface area contributed by atoms with Crippen molar-refractivity contribution in [2.75, 3.05) is 0 Å². The number of H-pyrrole nitrogens is 1. The van der Waals surface area contributed by atoms with Crippen molar-refractivity contribution < 1.29 is 0 Å². The van der Waals surface area contributed by atoms with Gasteiger partial charge in [0.25, 0.3) is 0 Å². The van der Waals surface area contributed by atoms with E-state index in [2.05, 4.69) is 31.2 Å². The molecule has 0 aliphatic rings. The number of aromatic amines is 1. The summed E-state index contributed by atoms with van der Waals surface area (Å²) in [6.07, 6.45) is 1.65. The molecule has 3 rings (SSSR count). The lowest BCUT2D eigenvalue weighted by atomic mass is 10.2. The Labute approximate surface area is 155 Å². The Morgan fingerprint density at radius 3 is 2.70 bits per heavy atom. The molecule has 0 spiro atoms. The van der Waals surface area contributed by atoms with E-state index in [4.69, 9.17) is 35.4 Å². The van der Waals surface area contributed by atoms with Crippen LogP contribution in [0.1, 0.15) is 5.56 Å². The highest BCUT2D eigenvalue weighted by Crippen LogP contribution is 2.26. The summed E-state index contributed by atoms with van der Waals surface area (Å²) in [5.41, 5.74) is 1.69. The van der Waals surface area contributed by atoms with Gasteiger partial charge in [-0.15, -0.1) is 0 Å². The average Bonchev–Trinajstić information content (AvgIpc) is 2.90. The van der Waals surface area contributed by atoms with Crippen LogP contribution in [0.2, 0.25) is 10.0 Å². The number of aromatic nitrogens is 3. The molecule has 23 heavy (non-hydrogen) atoms. The van der Waals surface area contributed by atoms with Crippen LogP contribution in [0.3, 0.4) is 0 Å². The molecule has 116 valence electrons. The van der Waals surface area contributed by atoms with Crippen molar-refractivity contribution in [1.29, 1.82) is 0 Å². The monoisotopic (exact) mass is 426 g/mol. The van der Waals surface area contributed by atoms with E-state index in [1.54, 1.807) is 23.0 Å². The van der Waals surface area contributed by atoms with Crippen LogP contribution >= 0.6 is 51.3 Å². The molecular weight excluding hydrogens is 419 g/mol. The molecule has 1 aromatic heterocycles.